The van der Waals surface area contributed by atoms with Crippen LogP contribution >= 0.6 is 12.4 Å². The molecule has 0 aliphatic heterocycles. The number of methoxy groups -OCH3 is 2. The maximum Gasteiger partial charge on any atom is 0.254 e. The molecule has 7 heteroatoms. The number of benzene rings is 1. The Balaban J connectivity index is 0.00000289. The molecule has 1 unspecified atom stereocenters. The Hall–Kier alpha value is -1.37. The number of nitrogens with two attached hydrogens (primary N) is 1. The lowest BCUT2D eigenvalue weighted by molar-refractivity contribution is -0.125. The van der Waals surface area contributed by atoms with Gasteiger partial charge in [-0.05, 0) is 12.1 Å². The second kappa shape index (κ2) is 7.86. The van der Waals surface area contributed by atoms with Gasteiger partial charge in [0.1, 0.15) is 17.7 Å². The third kappa shape index (κ3) is 4.14. The van der Waals surface area contributed by atoms with E-state index in [0.717, 1.165) is 0 Å². The van der Waals surface area contributed by atoms with Crippen LogP contribution in [-0.4, -0.2) is 32.8 Å². The highest BCUT2D eigenvalue weighted by molar-refractivity contribution is 5.94. The minimum Gasteiger partial charge on any atom is -0.497 e. The number of carbonyl (C=O) groups excluding carboxylic acids is 1. The summed E-state index contributed by atoms with van der Waals surface area (Å²) < 4.78 is 23.2. The van der Waals surface area contributed by atoms with Gasteiger partial charge in [-0.1, -0.05) is 0 Å². The molecule has 0 aliphatic rings. The summed E-state index contributed by atoms with van der Waals surface area (Å²) in [5.74, 6) is -0.600. The Bertz CT molecular complexity index is 400. The van der Waals surface area contributed by atoms with E-state index in [1.807, 2.05) is 0 Å². The number of hydrogen-bond donors (Lipinski definition) is 2. The predicted octanol–water partition coefficient (Wildman–Crippen LogP) is 1.17. The molecule has 1 rings (SSSR count). The average molecular weight is 279 g/mol. The van der Waals surface area contributed by atoms with E-state index in [-0.39, 0.29) is 24.6 Å². The molecule has 1 aromatic rings. The van der Waals surface area contributed by atoms with Crippen LogP contribution in [0.15, 0.2) is 18.2 Å². The van der Waals surface area contributed by atoms with E-state index in [0.29, 0.717) is 5.75 Å². The van der Waals surface area contributed by atoms with E-state index in [9.17, 15) is 9.18 Å². The number of halogens is 2. The van der Waals surface area contributed by atoms with E-state index in [2.05, 4.69) is 5.32 Å². The fourth-order valence-corrected chi connectivity index (χ4v) is 1.25. The Morgan fingerprint density at radius 3 is 2.67 bits per heavy atom. The van der Waals surface area contributed by atoms with Crippen LogP contribution < -0.4 is 15.8 Å². The quantitative estimate of drug-likeness (QED) is 0.848. The number of anilines is 1. The minimum atomic E-state index is -0.805. The lowest BCUT2D eigenvalue weighted by atomic mass is 10.2. The molecule has 0 radical (unpaired) electrons. The van der Waals surface area contributed by atoms with Gasteiger partial charge in [0.2, 0.25) is 0 Å². The highest BCUT2D eigenvalue weighted by atomic mass is 35.5. The van der Waals surface area contributed by atoms with E-state index in [1.165, 1.54) is 32.4 Å². The van der Waals surface area contributed by atoms with Crippen molar-refractivity contribution < 1.29 is 18.7 Å². The van der Waals surface area contributed by atoms with Crippen molar-refractivity contribution in [3.05, 3.63) is 24.0 Å². The summed E-state index contributed by atoms with van der Waals surface area (Å²) in [5.41, 5.74) is 5.36. The zero-order valence-electron chi connectivity index (χ0n) is 10.1. The van der Waals surface area contributed by atoms with E-state index in [4.69, 9.17) is 15.2 Å². The molecule has 0 spiro atoms. The summed E-state index contributed by atoms with van der Waals surface area (Å²) in [5, 5.41) is 2.39. The first-order valence-corrected chi connectivity index (χ1v) is 4.99. The lowest BCUT2D eigenvalue weighted by Crippen LogP contribution is -2.36. The number of carbonyl (C=O) groups is 1. The van der Waals surface area contributed by atoms with Gasteiger partial charge in [0.05, 0.1) is 12.8 Å². The van der Waals surface area contributed by atoms with Crippen LogP contribution in [0, 0.1) is 5.82 Å². The van der Waals surface area contributed by atoms with Gasteiger partial charge in [-0.2, -0.15) is 0 Å². The van der Waals surface area contributed by atoms with Gasteiger partial charge in [0.25, 0.3) is 5.91 Å². The maximum atomic E-state index is 13.4. The standard InChI is InChI=1S/C11H15FN2O3.ClH/c1-16-7-3-4-8(12)9(5-7)14-11(15)10(6-13)17-2;/h3-5,10H,6,13H2,1-2H3,(H,14,15);1H. The molecule has 18 heavy (non-hydrogen) atoms. The second-order valence-electron chi connectivity index (χ2n) is 3.30. The van der Waals surface area contributed by atoms with Crippen molar-refractivity contribution in [3.8, 4) is 5.75 Å². The summed E-state index contributed by atoms with van der Waals surface area (Å²) in [6.07, 6.45) is -0.805. The molecule has 0 saturated heterocycles. The number of hydrogen-bond acceptors (Lipinski definition) is 4. The molecule has 0 bridgehead atoms. The highest BCUT2D eigenvalue weighted by Gasteiger charge is 2.17. The van der Waals surface area contributed by atoms with Crippen LogP contribution in [0.1, 0.15) is 0 Å². The van der Waals surface area contributed by atoms with Crippen LogP contribution in [0.4, 0.5) is 10.1 Å². The number of rotatable bonds is 5. The van der Waals surface area contributed by atoms with Crippen molar-refractivity contribution >= 4 is 24.0 Å². The third-order valence-electron chi connectivity index (χ3n) is 2.22. The van der Waals surface area contributed by atoms with Crippen molar-refractivity contribution in [2.24, 2.45) is 5.73 Å². The van der Waals surface area contributed by atoms with Crippen molar-refractivity contribution in [3.63, 3.8) is 0 Å². The Labute approximate surface area is 111 Å². The van der Waals surface area contributed by atoms with Gasteiger partial charge < -0.3 is 20.5 Å². The van der Waals surface area contributed by atoms with E-state index < -0.39 is 17.8 Å². The zero-order chi connectivity index (χ0) is 12.8. The zero-order valence-corrected chi connectivity index (χ0v) is 10.9. The monoisotopic (exact) mass is 278 g/mol. The van der Waals surface area contributed by atoms with Crippen LogP contribution in [0.25, 0.3) is 0 Å². The summed E-state index contributed by atoms with van der Waals surface area (Å²) >= 11 is 0. The summed E-state index contributed by atoms with van der Waals surface area (Å²) in [7, 11) is 2.82. The third-order valence-corrected chi connectivity index (χ3v) is 2.22. The lowest BCUT2D eigenvalue weighted by Gasteiger charge is -2.14. The molecule has 3 N–H and O–H groups in total. The van der Waals surface area contributed by atoms with Crippen LogP contribution in [0.5, 0.6) is 5.75 Å². The number of amides is 1. The Kier molecular flexibility index (Phi) is 7.26. The molecule has 0 aromatic heterocycles. The molecule has 1 atom stereocenters. The van der Waals surface area contributed by atoms with Crippen molar-refractivity contribution in [1.29, 1.82) is 0 Å². The smallest absolute Gasteiger partial charge is 0.254 e. The SMILES string of the molecule is COc1ccc(F)c(NC(=O)C(CN)OC)c1.Cl. The van der Waals surface area contributed by atoms with E-state index in [1.54, 1.807) is 0 Å². The molecular formula is C11H16ClFN2O3. The van der Waals surface area contributed by atoms with Crippen LogP contribution in [0.3, 0.4) is 0 Å². The Morgan fingerprint density at radius 1 is 1.50 bits per heavy atom. The van der Waals surface area contributed by atoms with Gasteiger partial charge in [0, 0.05) is 19.7 Å². The minimum absolute atomic E-state index is 0. The summed E-state index contributed by atoms with van der Waals surface area (Å²) in [4.78, 5) is 11.6. The number of nitrogens with one attached hydrogen (secondary N) is 1. The normalized spacial score (nSPS) is 11.3. The topological polar surface area (TPSA) is 73.6 Å². The first kappa shape index (κ1) is 16.6. The molecule has 1 aromatic carbocycles. The summed E-state index contributed by atoms with van der Waals surface area (Å²) in [6, 6.07) is 4.05. The maximum absolute atomic E-state index is 13.4. The molecular weight excluding hydrogens is 263 g/mol. The van der Waals surface area contributed by atoms with Crippen molar-refractivity contribution in [2.75, 3.05) is 26.1 Å². The molecule has 102 valence electrons. The van der Waals surface area contributed by atoms with Gasteiger partial charge in [0.15, 0.2) is 0 Å². The van der Waals surface area contributed by atoms with Gasteiger partial charge in [-0.15, -0.1) is 12.4 Å². The number of ether oxygens (including phenoxy) is 2. The highest BCUT2D eigenvalue weighted by Crippen LogP contribution is 2.21. The fourth-order valence-electron chi connectivity index (χ4n) is 1.25. The molecule has 0 fully saturated rings. The molecule has 1 amide bonds. The fraction of sp³-hybridized carbons (Fsp3) is 0.364. The van der Waals surface area contributed by atoms with Gasteiger partial charge in [-0.25, -0.2) is 4.39 Å². The van der Waals surface area contributed by atoms with Crippen LogP contribution in [0.2, 0.25) is 0 Å². The molecule has 0 heterocycles. The molecule has 5 nitrogen and oxygen atoms in total. The average Bonchev–Trinajstić information content (AvgIpc) is 2.33. The summed E-state index contributed by atoms with van der Waals surface area (Å²) in [6.45, 7) is 0.0217. The van der Waals surface area contributed by atoms with Gasteiger partial charge in [-0.3, -0.25) is 4.79 Å². The van der Waals surface area contributed by atoms with Gasteiger partial charge >= 0.3 is 0 Å². The van der Waals surface area contributed by atoms with Crippen LogP contribution in [-0.2, 0) is 9.53 Å². The molecule has 0 saturated carbocycles. The van der Waals surface area contributed by atoms with E-state index >= 15 is 0 Å². The van der Waals surface area contributed by atoms with Crippen molar-refractivity contribution in [1.82, 2.24) is 0 Å². The Morgan fingerprint density at radius 2 is 2.17 bits per heavy atom. The first-order chi connectivity index (χ1) is 8.12. The largest absolute Gasteiger partial charge is 0.497 e. The van der Waals surface area contributed by atoms with Crippen molar-refractivity contribution in [2.45, 2.75) is 6.10 Å². The first-order valence-electron chi connectivity index (χ1n) is 4.99. The second-order valence-corrected chi connectivity index (χ2v) is 3.30. The predicted molar refractivity (Wildman–Crippen MR) is 68.7 cm³/mol. The molecule has 0 aliphatic carbocycles.